The molecule has 0 bridgehead atoms. The smallest absolute Gasteiger partial charge is 0.265 e. The Balaban J connectivity index is 2.20. The molecule has 3 rings (SSSR count). The quantitative estimate of drug-likeness (QED) is 0.468. The van der Waals surface area contributed by atoms with Crippen molar-refractivity contribution in [3.05, 3.63) is 77.6 Å². The standard InChI is InChI=1S/C24H26FNO5S/c1-16-14-19(25)8-13-24(16)32(27,28)26(17(2)18-6-10-21(29-3)11-7-18)20-9-12-22(30-4)23(15-20)31-5/h6-15,17H,1-5H3. The molecule has 0 N–H and O–H groups in total. The van der Waals surface area contributed by atoms with Crippen LogP contribution >= 0.6 is 0 Å². The SMILES string of the molecule is COc1ccc(C(C)N(c2ccc(OC)c(OC)c2)S(=O)(=O)c2ccc(F)cc2C)cc1. The molecular formula is C24H26FNO5S. The van der Waals surface area contributed by atoms with E-state index in [0.717, 1.165) is 11.6 Å². The molecule has 0 fully saturated rings. The maximum atomic E-state index is 13.9. The van der Waals surface area contributed by atoms with E-state index in [0.29, 0.717) is 28.5 Å². The van der Waals surface area contributed by atoms with Crippen molar-refractivity contribution in [2.75, 3.05) is 25.6 Å². The predicted octanol–water partition coefficient (Wildman–Crippen LogP) is 5.12. The lowest BCUT2D eigenvalue weighted by molar-refractivity contribution is 0.355. The van der Waals surface area contributed by atoms with Crippen molar-refractivity contribution < 1.29 is 27.0 Å². The van der Waals surface area contributed by atoms with E-state index in [9.17, 15) is 12.8 Å². The molecule has 3 aromatic rings. The van der Waals surface area contributed by atoms with Crippen LogP contribution < -0.4 is 18.5 Å². The van der Waals surface area contributed by atoms with Crippen molar-refractivity contribution in [2.45, 2.75) is 24.8 Å². The first-order valence-electron chi connectivity index (χ1n) is 9.89. The van der Waals surface area contributed by atoms with Crippen molar-refractivity contribution in [1.82, 2.24) is 0 Å². The monoisotopic (exact) mass is 459 g/mol. The Kier molecular flexibility index (Phi) is 6.93. The van der Waals surface area contributed by atoms with Crippen LogP contribution in [-0.2, 0) is 10.0 Å². The number of benzene rings is 3. The molecule has 0 heterocycles. The van der Waals surface area contributed by atoms with E-state index in [1.165, 1.54) is 30.7 Å². The highest BCUT2D eigenvalue weighted by molar-refractivity contribution is 7.92. The summed E-state index contributed by atoms with van der Waals surface area (Å²) in [6.07, 6.45) is 0. The van der Waals surface area contributed by atoms with E-state index in [1.54, 1.807) is 51.3 Å². The highest BCUT2D eigenvalue weighted by Crippen LogP contribution is 2.39. The second kappa shape index (κ2) is 9.48. The minimum atomic E-state index is -4.07. The van der Waals surface area contributed by atoms with Gasteiger partial charge in [0, 0.05) is 6.07 Å². The molecule has 8 heteroatoms. The Morgan fingerprint density at radius 2 is 1.50 bits per heavy atom. The van der Waals surface area contributed by atoms with Gasteiger partial charge in [0.1, 0.15) is 11.6 Å². The van der Waals surface area contributed by atoms with Gasteiger partial charge in [-0.1, -0.05) is 12.1 Å². The van der Waals surface area contributed by atoms with Crippen molar-refractivity contribution in [3.63, 3.8) is 0 Å². The molecule has 0 saturated heterocycles. The summed E-state index contributed by atoms with van der Waals surface area (Å²) in [5.41, 5.74) is 1.45. The number of anilines is 1. The lowest BCUT2D eigenvalue weighted by Gasteiger charge is -2.32. The highest BCUT2D eigenvalue weighted by atomic mass is 32.2. The van der Waals surface area contributed by atoms with Crippen molar-refractivity contribution in [3.8, 4) is 17.2 Å². The maximum absolute atomic E-state index is 13.9. The van der Waals surface area contributed by atoms with Crippen LogP contribution in [-0.4, -0.2) is 29.7 Å². The predicted molar refractivity (Wildman–Crippen MR) is 122 cm³/mol. The fourth-order valence-corrected chi connectivity index (χ4v) is 5.41. The van der Waals surface area contributed by atoms with Gasteiger partial charge in [-0.3, -0.25) is 4.31 Å². The van der Waals surface area contributed by atoms with Gasteiger partial charge >= 0.3 is 0 Å². The molecule has 0 radical (unpaired) electrons. The van der Waals surface area contributed by atoms with Crippen LogP contribution in [0.1, 0.15) is 24.1 Å². The summed E-state index contributed by atoms with van der Waals surface area (Å²) in [4.78, 5) is 0.0223. The van der Waals surface area contributed by atoms with E-state index >= 15 is 0 Å². The normalized spacial score (nSPS) is 12.2. The van der Waals surface area contributed by atoms with Crippen LogP contribution in [0.5, 0.6) is 17.2 Å². The fraction of sp³-hybridized carbons (Fsp3) is 0.250. The number of ether oxygens (including phenoxy) is 3. The van der Waals surface area contributed by atoms with Gasteiger partial charge in [-0.05, 0) is 67.4 Å². The summed E-state index contributed by atoms with van der Waals surface area (Å²) in [6, 6.07) is 15.1. The molecule has 0 spiro atoms. The van der Waals surface area contributed by atoms with Gasteiger partial charge in [-0.15, -0.1) is 0 Å². The summed E-state index contributed by atoms with van der Waals surface area (Å²) in [6.45, 7) is 3.36. The van der Waals surface area contributed by atoms with Crippen molar-refractivity contribution in [2.24, 2.45) is 0 Å². The Bertz CT molecular complexity index is 1200. The third-order valence-corrected chi connectivity index (χ3v) is 7.30. The van der Waals surface area contributed by atoms with Gasteiger partial charge in [0.05, 0.1) is 38.0 Å². The maximum Gasteiger partial charge on any atom is 0.265 e. The van der Waals surface area contributed by atoms with Gasteiger partial charge in [0.2, 0.25) is 0 Å². The molecule has 0 amide bonds. The molecule has 170 valence electrons. The largest absolute Gasteiger partial charge is 0.497 e. The van der Waals surface area contributed by atoms with Gasteiger partial charge in [-0.25, -0.2) is 12.8 Å². The molecule has 32 heavy (non-hydrogen) atoms. The van der Waals surface area contributed by atoms with Crippen molar-refractivity contribution >= 4 is 15.7 Å². The zero-order chi connectivity index (χ0) is 23.5. The Labute approximate surface area is 188 Å². The van der Waals surface area contributed by atoms with E-state index in [-0.39, 0.29) is 4.90 Å². The number of aryl methyl sites for hydroxylation is 1. The van der Waals surface area contributed by atoms with Gasteiger partial charge in [0.25, 0.3) is 10.0 Å². The topological polar surface area (TPSA) is 65.1 Å². The average Bonchev–Trinajstić information content (AvgIpc) is 2.78. The number of rotatable bonds is 8. The third-order valence-electron chi connectivity index (χ3n) is 5.25. The molecule has 6 nitrogen and oxygen atoms in total. The number of methoxy groups -OCH3 is 3. The molecule has 1 atom stereocenters. The fourth-order valence-electron chi connectivity index (χ4n) is 3.56. The van der Waals surface area contributed by atoms with Crippen molar-refractivity contribution in [1.29, 1.82) is 0 Å². The first kappa shape index (κ1) is 23.4. The van der Waals surface area contributed by atoms with Crippen LogP contribution in [0.25, 0.3) is 0 Å². The number of sulfonamides is 1. The van der Waals surface area contributed by atoms with Gasteiger partial charge < -0.3 is 14.2 Å². The van der Waals surface area contributed by atoms with Crippen LogP contribution in [0.3, 0.4) is 0 Å². The summed E-state index contributed by atoms with van der Waals surface area (Å²) < 4.78 is 58.6. The summed E-state index contributed by atoms with van der Waals surface area (Å²) in [5.74, 6) is 1.03. The second-order valence-electron chi connectivity index (χ2n) is 7.20. The zero-order valence-corrected chi connectivity index (χ0v) is 19.4. The Morgan fingerprint density at radius 1 is 0.844 bits per heavy atom. The number of hydrogen-bond donors (Lipinski definition) is 0. The minimum Gasteiger partial charge on any atom is -0.497 e. The lowest BCUT2D eigenvalue weighted by Crippen LogP contribution is -2.34. The molecule has 0 aliphatic heterocycles. The van der Waals surface area contributed by atoms with Crippen LogP contribution in [0.4, 0.5) is 10.1 Å². The van der Waals surface area contributed by atoms with Gasteiger partial charge in [-0.2, -0.15) is 0 Å². The first-order chi connectivity index (χ1) is 15.2. The molecular weight excluding hydrogens is 433 g/mol. The van der Waals surface area contributed by atoms with E-state index in [2.05, 4.69) is 0 Å². The van der Waals surface area contributed by atoms with E-state index in [1.807, 2.05) is 12.1 Å². The van der Waals surface area contributed by atoms with E-state index in [4.69, 9.17) is 14.2 Å². The first-order valence-corrected chi connectivity index (χ1v) is 11.3. The van der Waals surface area contributed by atoms with Gasteiger partial charge in [0.15, 0.2) is 11.5 Å². The summed E-state index contributed by atoms with van der Waals surface area (Å²) in [7, 11) is 0.487. The molecule has 0 aromatic heterocycles. The summed E-state index contributed by atoms with van der Waals surface area (Å²) in [5, 5.41) is 0. The molecule has 0 saturated carbocycles. The number of halogens is 1. The van der Waals surface area contributed by atoms with Crippen LogP contribution in [0, 0.1) is 12.7 Å². The minimum absolute atomic E-state index is 0.0223. The molecule has 0 aliphatic carbocycles. The van der Waals surface area contributed by atoms with Crippen LogP contribution in [0.15, 0.2) is 65.6 Å². The molecule has 1 unspecified atom stereocenters. The zero-order valence-electron chi connectivity index (χ0n) is 18.6. The second-order valence-corrected chi connectivity index (χ2v) is 8.98. The summed E-state index contributed by atoms with van der Waals surface area (Å²) >= 11 is 0. The highest BCUT2D eigenvalue weighted by Gasteiger charge is 2.32. The third kappa shape index (κ3) is 4.50. The molecule has 0 aliphatic rings. The van der Waals surface area contributed by atoms with E-state index < -0.39 is 21.9 Å². The molecule has 3 aromatic carbocycles. The average molecular weight is 460 g/mol. The Hall–Kier alpha value is -3.26. The Morgan fingerprint density at radius 3 is 2.06 bits per heavy atom. The number of hydrogen-bond acceptors (Lipinski definition) is 5. The number of nitrogens with zero attached hydrogens (tertiary/aromatic N) is 1. The van der Waals surface area contributed by atoms with Crippen LogP contribution in [0.2, 0.25) is 0 Å². The lowest BCUT2D eigenvalue weighted by atomic mass is 10.1.